The second-order valence-corrected chi connectivity index (χ2v) is 10.1. The summed E-state index contributed by atoms with van der Waals surface area (Å²) in [5.74, 6) is 2.60. The van der Waals surface area contributed by atoms with Gasteiger partial charge in [-0.1, -0.05) is 60.7 Å². The molecule has 0 bridgehead atoms. The molecule has 0 N–H and O–H groups in total. The summed E-state index contributed by atoms with van der Waals surface area (Å²) in [6, 6.07) is 22.0. The summed E-state index contributed by atoms with van der Waals surface area (Å²) in [6.07, 6.45) is 2.66. The molecule has 4 atom stereocenters. The van der Waals surface area contributed by atoms with E-state index >= 15 is 0 Å². The lowest BCUT2D eigenvalue weighted by atomic mass is 10.0. The number of fused-ring (bicyclic) bond motifs is 3. The summed E-state index contributed by atoms with van der Waals surface area (Å²) in [7, 11) is 0.515. The predicted octanol–water partition coefficient (Wildman–Crippen LogP) is 3.66. The van der Waals surface area contributed by atoms with Gasteiger partial charge in [0.25, 0.3) is 0 Å². The third-order valence-corrected chi connectivity index (χ3v) is 9.08. The van der Waals surface area contributed by atoms with E-state index in [-0.39, 0.29) is 6.03 Å². The average molecular weight is 366 g/mol. The van der Waals surface area contributed by atoms with Crippen LogP contribution in [0.3, 0.4) is 0 Å². The Hall–Kier alpha value is -1.94. The van der Waals surface area contributed by atoms with E-state index in [0.717, 1.165) is 18.3 Å². The first-order valence-electron chi connectivity index (χ1n) is 9.62. The Labute approximate surface area is 158 Å². The largest absolute Gasteiger partial charge is 0.321 e. The molecule has 26 heavy (non-hydrogen) atoms. The van der Waals surface area contributed by atoms with E-state index in [1.807, 2.05) is 12.1 Å². The van der Waals surface area contributed by atoms with E-state index in [2.05, 4.69) is 58.3 Å². The van der Waals surface area contributed by atoms with Gasteiger partial charge in [-0.3, -0.25) is 0 Å². The van der Waals surface area contributed by atoms with E-state index < -0.39 is 0 Å². The fraction of sp³-hybridized carbons (Fsp3) is 0.409. The quantitative estimate of drug-likeness (QED) is 0.599. The Balaban J connectivity index is 1.45. The highest BCUT2D eigenvalue weighted by atomic mass is 32.2. The highest BCUT2D eigenvalue weighted by Crippen LogP contribution is 2.43. The zero-order chi connectivity index (χ0) is 17.5. The fourth-order valence-corrected chi connectivity index (χ4v) is 8.26. The summed E-state index contributed by atoms with van der Waals surface area (Å²) in [5, 5.41) is 0.730. The predicted molar refractivity (Wildman–Crippen MR) is 107 cm³/mol. The number of nitrogens with zero attached hydrogens (tertiary/aromatic N) is 2. The van der Waals surface area contributed by atoms with Gasteiger partial charge >= 0.3 is 6.03 Å². The number of amides is 2. The summed E-state index contributed by atoms with van der Waals surface area (Å²) >= 11 is 0. The number of hydrogen-bond donors (Lipinski definition) is 0. The van der Waals surface area contributed by atoms with Crippen LogP contribution in [0.15, 0.2) is 60.7 Å². The lowest BCUT2D eigenvalue weighted by molar-refractivity contribution is 0.180. The van der Waals surface area contributed by atoms with Crippen LogP contribution in [-0.2, 0) is 24.0 Å². The maximum Gasteiger partial charge on any atom is 0.321 e. The molecule has 3 saturated heterocycles. The van der Waals surface area contributed by atoms with Crippen LogP contribution < -0.4 is 0 Å². The van der Waals surface area contributed by atoms with Gasteiger partial charge < -0.3 is 9.80 Å². The Bertz CT molecular complexity index is 781. The second-order valence-electron chi connectivity index (χ2n) is 7.66. The molecule has 134 valence electrons. The molecule has 2 amide bonds. The number of benzene rings is 2. The van der Waals surface area contributed by atoms with Gasteiger partial charge in [-0.2, -0.15) is 0 Å². The maximum absolute atomic E-state index is 13.4. The van der Waals surface area contributed by atoms with Crippen LogP contribution in [0.25, 0.3) is 0 Å². The normalized spacial score (nSPS) is 29.9. The topological polar surface area (TPSA) is 23.6 Å². The van der Waals surface area contributed by atoms with Crippen LogP contribution in [0.2, 0.25) is 0 Å². The van der Waals surface area contributed by atoms with E-state index in [9.17, 15) is 4.79 Å². The van der Waals surface area contributed by atoms with Crippen LogP contribution in [-0.4, -0.2) is 44.7 Å². The van der Waals surface area contributed by atoms with Crippen molar-refractivity contribution in [2.75, 3.05) is 11.5 Å². The fourth-order valence-electron chi connectivity index (χ4n) is 4.96. The lowest BCUT2D eigenvalue weighted by Gasteiger charge is -2.24. The highest BCUT2D eigenvalue weighted by Gasteiger charge is 2.62. The smallest absolute Gasteiger partial charge is 0.310 e. The number of carbonyl (C=O) groups is 1. The van der Waals surface area contributed by atoms with Gasteiger partial charge in [0.15, 0.2) is 0 Å². The minimum atomic E-state index is 0.239. The monoisotopic (exact) mass is 365 g/mol. The zero-order valence-corrected chi connectivity index (χ0v) is 15.8. The van der Waals surface area contributed by atoms with Gasteiger partial charge in [-0.25, -0.2) is 4.79 Å². The highest BCUT2D eigenvalue weighted by molar-refractivity contribution is 7.98. The van der Waals surface area contributed by atoms with Gasteiger partial charge in [0.1, 0.15) is 28.8 Å². The molecule has 2 aromatic rings. The molecule has 2 aromatic carbocycles. The van der Waals surface area contributed by atoms with Crippen molar-refractivity contribution in [3.05, 3.63) is 71.8 Å². The number of rotatable bonds is 4. The van der Waals surface area contributed by atoms with Crippen molar-refractivity contribution in [2.24, 2.45) is 0 Å². The van der Waals surface area contributed by atoms with Gasteiger partial charge in [-0.05, 0) is 28.4 Å². The Morgan fingerprint density at radius 2 is 1.50 bits per heavy atom. The molecule has 3 aliphatic heterocycles. The molecule has 3 fully saturated rings. The van der Waals surface area contributed by atoms with E-state index in [0.29, 0.717) is 23.0 Å². The number of hydrogen-bond acceptors (Lipinski definition) is 1. The molecule has 3 nitrogen and oxygen atoms in total. The molecule has 0 radical (unpaired) electrons. The molecule has 0 spiro atoms. The Morgan fingerprint density at radius 3 is 2.15 bits per heavy atom. The minimum absolute atomic E-state index is 0.239. The van der Waals surface area contributed by atoms with Crippen LogP contribution in [0.5, 0.6) is 0 Å². The molecule has 0 aromatic heterocycles. The molecule has 5 rings (SSSR count). The lowest BCUT2D eigenvalue weighted by Crippen LogP contribution is -2.41. The van der Waals surface area contributed by atoms with E-state index in [1.54, 1.807) is 0 Å². The Kier molecular flexibility index (Phi) is 4.16. The first-order valence-corrected chi connectivity index (χ1v) is 11.3. The SMILES string of the molecule is O=C1N(Cc2ccccc2)[C@@H]2[C@@H](C[S+]3CCC[C@H]23)N1Cc1ccccc1. The van der Waals surface area contributed by atoms with Gasteiger partial charge in [0.05, 0.1) is 0 Å². The molecule has 3 aliphatic rings. The molecule has 1 unspecified atom stereocenters. The summed E-state index contributed by atoms with van der Waals surface area (Å²) in [6.45, 7) is 1.50. The second kappa shape index (κ2) is 6.66. The first-order chi connectivity index (χ1) is 12.8. The van der Waals surface area contributed by atoms with E-state index in [4.69, 9.17) is 0 Å². The standard InChI is InChI=1S/C22H25N2OS/c25-22-23(14-17-8-3-1-4-9-17)19-16-26-13-7-12-20(26)21(19)24(22)15-18-10-5-2-6-11-18/h1-6,8-11,19-21H,7,12-16H2/q+1/t19-,20-,21-,26?/m1/s1. The zero-order valence-electron chi connectivity index (χ0n) is 15.0. The number of urea groups is 1. The van der Waals surface area contributed by atoms with Crippen molar-refractivity contribution in [3.8, 4) is 0 Å². The molecular weight excluding hydrogens is 340 g/mol. The van der Waals surface area contributed by atoms with Crippen molar-refractivity contribution in [3.63, 3.8) is 0 Å². The number of carbonyl (C=O) groups excluding carboxylic acids is 1. The van der Waals surface area contributed by atoms with Crippen molar-refractivity contribution >= 4 is 16.9 Å². The molecule has 4 heteroatoms. The van der Waals surface area contributed by atoms with Crippen LogP contribution in [0.4, 0.5) is 4.79 Å². The Morgan fingerprint density at radius 1 is 0.885 bits per heavy atom. The van der Waals surface area contributed by atoms with Gasteiger partial charge in [0, 0.05) is 19.5 Å². The average Bonchev–Trinajstić information content (AvgIpc) is 3.32. The summed E-state index contributed by atoms with van der Waals surface area (Å²) in [4.78, 5) is 17.7. The van der Waals surface area contributed by atoms with Gasteiger partial charge in [0.2, 0.25) is 0 Å². The molecule has 3 heterocycles. The first kappa shape index (κ1) is 16.2. The third-order valence-electron chi connectivity index (χ3n) is 6.13. The van der Waals surface area contributed by atoms with E-state index in [1.165, 1.54) is 35.5 Å². The summed E-state index contributed by atoms with van der Waals surface area (Å²) < 4.78 is 0. The van der Waals surface area contributed by atoms with Crippen molar-refractivity contribution in [1.29, 1.82) is 0 Å². The van der Waals surface area contributed by atoms with Crippen molar-refractivity contribution in [2.45, 2.75) is 43.3 Å². The third kappa shape index (κ3) is 2.71. The molecule has 0 saturated carbocycles. The van der Waals surface area contributed by atoms with Crippen molar-refractivity contribution in [1.82, 2.24) is 9.80 Å². The van der Waals surface area contributed by atoms with Crippen LogP contribution >= 0.6 is 0 Å². The van der Waals surface area contributed by atoms with Crippen molar-refractivity contribution < 1.29 is 4.79 Å². The minimum Gasteiger partial charge on any atom is -0.310 e. The molecular formula is C22H25N2OS+. The van der Waals surface area contributed by atoms with Crippen LogP contribution in [0, 0.1) is 0 Å². The maximum atomic E-state index is 13.4. The summed E-state index contributed by atoms with van der Waals surface area (Å²) in [5.41, 5.74) is 2.48. The van der Waals surface area contributed by atoms with Crippen LogP contribution in [0.1, 0.15) is 24.0 Å². The van der Waals surface area contributed by atoms with Gasteiger partial charge in [-0.15, -0.1) is 0 Å². The molecule has 0 aliphatic carbocycles.